The van der Waals surface area contributed by atoms with Crippen molar-refractivity contribution in [1.29, 1.82) is 0 Å². The summed E-state index contributed by atoms with van der Waals surface area (Å²) in [4.78, 5) is 25.7. The van der Waals surface area contributed by atoms with Crippen LogP contribution in [0.4, 0.5) is 10.5 Å². The largest absolute Gasteiger partial charge is 0.423 e. The number of benzene rings is 1. The predicted molar refractivity (Wildman–Crippen MR) is 89.9 cm³/mol. The molecule has 1 aliphatic rings. The number of carbonyl (C=O) groups excluding carboxylic acids is 1. The van der Waals surface area contributed by atoms with Gasteiger partial charge < -0.3 is 20.0 Å². The maximum atomic E-state index is 12.0. The zero-order valence-electron chi connectivity index (χ0n) is 13.4. The minimum atomic E-state index is -0.388. The van der Waals surface area contributed by atoms with Crippen molar-refractivity contribution in [2.45, 2.75) is 25.8 Å². The quantitative estimate of drug-likeness (QED) is 0.853. The molecule has 6 heteroatoms. The van der Waals surface area contributed by atoms with Crippen molar-refractivity contribution in [2.24, 2.45) is 0 Å². The Labute approximate surface area is 134 Å². The fourth-order valence-electron chi connectivity index (χ4n) is 3.03. The van der Waals surface area contributed by atoms with Gasteiger partial charge in [0.05, 0.1) is 0 Å². The van der Waals surface area contributed by atoms with E-state index in [-0.39, 0.29) is 11.7 Å². The third-order valence-corrected chi connectivity index (χ3v) is 4.38. The first-order chi connectivity index (χ1) is 11.0. The first kappa shape index (κ1) is 15.6. The lowest BCUT2D eigenvalue weighted by molar-refractivity contribution is 0.245. The number of hydrogen-bond donors (Lipinski definition) is 2. The molecule has 0 aliphatic carbocycles. The molecule has 1 aliphatic heterocycles. The standard InChI is InChI=1S/C17H21N3O3/c1-11-8-16(21)23-15-9-12(5-6-14(11)15)19-17(22)18-10-13-4-3-7-20(13)2/h5-6,8-9,13H,3-4,7,10H2,1-2H3,(H2,18,19,22)/t13-/m1/s1. The van der Waals surface area contributed by atoms with Gasteiger partial charge in [-0.2, -0.15) is 0 Å². The highest BCUT2D eigenvalue weighted by Gasteiger charge is 2.21. The van der Waals surface area contributed by atoms with E-state index >= 15 is 0 Å². The van der Waals surface area contributed by atoms with E-state index in [1.54, 1.807) is 12.1 Å². The van der Waals surface area contributed by atoms with Gasteiger partial charge in [0.25, 0.3) is 0 Å². The smallest absolute Gasteiger partial charge is 0.336 e. The lowest BCUT2D eigenvalue weighted by Gasteiger charge is -2.19. The first-order valence-electron chi connectivity index (χ1n) is 7.82. The van der Waals surface area contributed by atoms with Crippen LogP contribution in [0.25, 0.3) is 11.0 Å². The van der Waals surface area contributed by atoms with Gasteiger partial charge in [-0.05, 0) is 51.1 Å². The van der Waals surface area contributed by atoms with Crippen molar-refractivity contribution in [3.8, 4) is 0 Å². The number of anilines is 1. The van der Waals surface area contributed by atoms with Crippen LogP contribution in [0.15, 0.2) is 33.5 Å². The summed E-state index contributed by atoms with van der Waals surface area (Å²) >= 11 is 0. The summed E-state index contributed by atoms with van der Waals surface area (Å²) < 4.78 is 5.19. The van der Waals surface area contributed by atoms with Gasteiger partial charge in [-0.1, -0.05) is 0 Å². The zero-order chi connectivity index (χ0) is 16.4. The van der Waals surface area contributed by atoms with Crippen molar-refractivity contribution in [3.05, 3.63) is 40.2 Å². The number of amides is 2. The summed E-state index contributed by atoms with van der Waals surface area (Å²) in [6.07, 6.45) is 2.28. The van der Waals surface area contributed by atoms with Gasteiger partial charge in [-0.25, -0.2) is 9.59 Å². The third kappa shape index (κ3) is 3.53. The molecule has 1 fully saturated rings. The fourth-order valence-corrected chi connectivity index (χ4v) is 3.03. The lowest BCUT2D eigenvalue weighted by Crippen LogP contribution is -2.40. The van der Waals surface area contributed by atoms with Gasteiger partial charge in [0.15, 0.2) is 0 Å². The maximum absolute atomic E-state index is 12.0. The highest BCUT2D eigenvalue weighted by atomic mass is 16.4. The molecule has 23 heavy (non-hydrogen) atoms. The number of likely N-dealkylation sites (tertiary alicyclic amines) is 1. The Morgan fingerprint density at radius 2 is 2.22 bits per heavy atom. The molecule has 2 aromatic rings. The van der Waals surface area contributed by atoms with Crippen LogP contribution in [-0.4, -0.2) is 37.1 Å². The van der Waals surface area contributed by atoms with Crippen molar-refractivity contribution in [2.75, 3.05) is 25.5 Å². The van der Waals surface area contributed by atoms with Crippen LogP contribution < -0.4 is 16.3 Å². The number of urea groups is 1. The van der Waals surface area contributed by atoms with E-state index in [1.807, 2.05) is 13.0 Å². The van der Waals surface area contributed by atoms with Crippen LogP contribution in [0.5, 0.6) is 0 Å². The van der Waals surface area contributed by atoms with Crippen molar-refractivity contribution in [3.63, 3.8) is 0 Å². The molecule has 1 atom stereocenters. The third-order valence-electron chi connectivity index (χ3n) is 4.38. The average Bonchev–Trinajstić information content (AvgIpc) is 2.90. The lowest BCUT2D eigenvalue weighted by atomic mass is 10.1. The Kier molecular flexibility index (Phi) is 4.34. The van der Waals surface area contributed by atoms with Crippen molar-refractivity contribution >= 4 is 22.7 Å². The molecule has 0 saturated carbocycles. The summed E-state index contributed by atoms with van der Waals surface area (Å²) in [6, 6.07) is 6.92. The number of nitrogens with zero attached hydrogens (tertiary/aromatic N) is 1. The molecule has 2 N–H and O–H groups in total. The normalized spacial score (nSPS) is 18.3. The summed E-state index contributed by atoms with van der Waals surface area (Å²) in [5.74, 6) is 0. The summed E-state index contributed by atoms with van der Waals surface area (Å²) in [5, 5.41) is 6.54. The number of nitrogens with one attached hydrogen (secondary N) is 2. The Morgan fingerprint density at radius 1 is 1.39 bits per heavy atom. The van der Waals surface area contributed by atoms with E-state index in [2.05, 4.69) is 22.6 Å². The molecule has 0 unspecified atom stereocenters. The van der Waals surface area contributed by atoms with Crippen LogP contribution in [0.1, 0.15) is 18.4 Å². The molecule has 0 spiro atoms. The number of carbonyl (C=O) groups is 1. The average molecular weight is 315 g/mol. The van der Waals surface area contributed by atoms with E-state index < -0.39 is 0 Å². The molecule has 3 rings (SSSR count). The monoisotopic (exact) mass is 315 g/mol. The molecule has 2 heterocycles. The molecule has 1 aromatic carbocycles. The van der Waals surface area contributed by atoms with E-state index in [0.29, 0.717) is 23.9 Å². The number of fused-ring (bicyclic) bond motifs is 1. The Morgan fingerprint density at radius 3 is 2.96 bits per heavy atom. The highest BCUT2D eigenvalue weighted by molar-refractivity contribution is 5.92. The second-order valence-corrected chi connectivity index (χ2v) is 6.07. The molecule has 2 amide bonds. The molecule has 122 valence electrons. The van der Waals surface area contributed by atoms with Crippen LogP contribution in [-0.2, 0) is 0 Å². The highest BCUT2D eigenvalue weighted by Crippen LogP contribution is 2.20. The SMILES string of the molecule is Cc1cc(=O)oc2cc(NC(=O)NC[C@H]3CCCN3C)ccc12. The topological polar surface area (TPSA) is 74.6 Å². The van der Waals surface area contributed by atoms with Crippen LogP contribution in [0.2, 0.25) is 0 Å². The minimum absolute atomic E-state index is 0.250. The number of rotatable bonds is 3. The van der Waals surface area contributed by atoms with Crippen molar-refractivity contribution < 1.29 is 9.21 Å². The van der Waals surface area contributed by atoms with Gasteiger partial charge >= 0.3 is 11.7 Å². The summed E-state index contributed by atoms with van der Waals surface area (Å²) in [6.45, 7) is 3.57. The molecule has 0 radical (unpaired) electrons. The van der Waals surface area contributed by atoms with Gasteiger partial charge in [0, 0.05) is 35.8 Å². The Hall–Kier alpha value is -2.34. The molecular weight excluding hydrogens is 294 g/mol. The van der Waals surface area contributed by atoms with Crippen molar-refractivity contribution in [1.82, 2.24) is 10.2 Å². The van der Waals surface area contributed by atoms with Gasteiger partial charge in [-0.15, -0.1) is 0 Å². The Bertz CT molecular complexity index is 784. The van der Waals surface area contributed by atoms with Gasteiger partial charge in [-0.3, -0.25) is 0 Å². The predicted octanol–water partition coefficient (Wildman–Crippen LogP) is 2.32. The van der Waals surface area contributed by atoms with Crippen LogP contribution >= 0.6 is 0 Å². The fraction of sp³-hybridized carbons (Fsp3) is 0.412. The van der Waals surface area contributed by atoms with E-state index in [9.17, 15) is 9.59 Å². The molecular formula is C17H21N3O3. The van der Waals surface area contributed by atoms with E-state index in [1.165, 1.54) is 12.5 Å². The molecule has 1 aromatic heterocycles. The van der Waals surface area contributed by atoms with E-state index in [4.69, 9.17) is 4.42 Å². The van der Waals surface area contributed by atoms with E-state index in [0.717, 1.165) is 23.9 Å². The first-order valence-corrected chi connectivity index (χ1v) is 7.82. The number of likely N-dealkylation sites (N-methyl/N-ethyl adjacent to an activating group) is 1. The second kappa shape index (κ2) is 6.42. The molecule has 0 bridgehead atoms. The summed E-state index contributed by atoms with van der Waals surface area (Å²) in [5.41, 5.74) is 1.55. The summed E-state index contributed by atoms with van der Waals surface area (Å²) in [7, 11) is 2.07. The van der Waals surface area contributed by atoms with Crippen LogP contribution in [0, 0.1) is 6.92 Å². The number of aryl methyl sites for hydroxylation is 1. The minimum Gasteiger partial charge on any atom is -0.423 e. The van der Waals surface area contributed by atoms with Gasteiger partial charge in [0.2, 0.25) is 0 Å². The zero-order valence-corrected chi connectivity index (χ0v) is 13.4. The molecule has 1 saturated heterocycles. The second-order valence-electron chi connectivity index (χ2n) is 6.07. The Balaban J connectivity index is 1.66. The maximum Gasteiger partial charge on any atom is 0.336 e. The van der Waals surface area contributed by atoms with Gasteiger partial charge in [0.1, 0.15) is 5.58 Å². The molecule has 6 nitrogen and oxygen atoms in total. The number of hydrogen-bond acceptors (Lipinski definition) is 4. The van der Waals surface area contributed by atoms with Crippen LogP contribution in [0.3, 0.4) is 0 Å².